The Morgan fingerprint density at radius 3 is 2.35 bits per heavy atom. The number of rotatable bonds is 6. The summed E-state index contributed by atoms with van der Waals surface area (Å²) in [6, 6.07) is 5.24. The largest absolute Gasteiger partial charge is 0.403 e. The highest BCUT2D eigenvalue weighted by atomic mass is 32.1. The number of nitrogens with one attached hydrogen (secondary N) is 1. The molecule has 0 saturated carbocycles. The van der Waals surface area contributed by atoms with Gasteiger partial charge in [-0.2, -0.15) is 13.2 Å². The highest BCUT2D eigenvalue weighted by molar-refractivity contribution is 7.80. The summed E-state index contributed by atoms with van der Waals surface area (Å²) in [6.07, 6.45) is -4.56. The van der Waals surface area contributed by atoms with E-state index < -0.39 is 12.2 Å². The van der Waals surface area contributed by atoms with Crippen LogP contribution in [0.5, 0.6) is 0 Å². The molecule has 0 fully saturated rings. The number of halogens is 3. The van der Waals surface area contributed by atoms with E-state index in [2.05, 4.69) is 22.9 Å². The highest BCUT2D eigenvalue weighted by Crippen LogP contribution is 2.23. The van der Waals surface area contributed by atoms with Crippen LogP contribution in [0.1, 0.15) is 12.0 Å². The van der Waals surface area contributed by atoms with Crippen molar-refractivity contribution in [3.63, 3.8) is 0 Å². The van der Waals surface area contributed by atoms with Gasteiger partial charge in [0.05, 0.1) is 0 Å². The van der Waals surface area contributed by atoms with E-state index in [1.807, 2.05) is 0 Å². The third-order valence-corrected chi connectivity index (χ3v) is 2.89. The summed E-state index contributed by atoms with van der Waals surface area (Å²) >= 11 is 4.11. The smallest absolute Gasteiger partial charge is 0.370 e. The van der Waals surface area contributed by atoms with Crippen molar-refractivity contribution >= 4 is 18.6 Å². The lowest BCUT2D eigenvalue weighted by Gasteiger charge is -2.21. The molecule has 0 amide bonds. The van der Waals surface area contributed by atoms with Crippen LogP contribution in [0, 0.1) is 0 Å². The molecule has 0 saturated heterocycles. The van der Waals surface area contributed by atoms with E-state index in [0.29, 0.717) is 0 Å². The molecule has 1 atom stereocenters. The molecular weight excluding hydrogens is 289 g/mol. The molecule has 20 heavy (non-hydrogen) atoms. The number of thiol groups is 1. The summed E-state index contributed by atoms with van der Waals surface area (Å²) in [5.74, 6) is -0.213. The van der Waals surface area contributed by atoms with Gasteiger partial charge in [0.1, 0.15) is 6.04 Å². The van der Waals surface area contributed by atoms with Gasteiger partial charge in [0.25, 0.3) is 0 Å². The monoisotopic (exact) mass is 306 g/mol. The summed E-state index contributed by atoms with van der Waals surface area (Å²) in [7, 11) is 0. The topological polar surface area (TPSA) is 76.4 Å². The first-order chi connectivity index (χ1) is 9.29. The van der Waals surface area contributed by atoms with Crippen molar-refractivity contribution in [3.8, 4) is 0 Å². The standard InChI is InChI=1S/C12H17F3N4S/c13-12(14,15)10(5-6-18-11(16)17)19-7-8-1-3-9(20)4-2-8/h1-4,10,19-20H,5-7H2,(H4,16,17,18). The lowest BCUT2D eigenvalue weighted by Crippen LogP contribution is -2.42. The van der Waals surface area contributed by atoms with Gasteiger partial charge in [-0.15, -0.1) is 12.6 Å². The molecule has 1 unspecified atom stereocenters. The zero-order valence-corrected chi connectivity index (χ0v) is 11.6. The van der Waals surface area contributed by atoms with Crippen molar-refractivity contribution in [1.29, 1.82) is 0 Å². The van der Waals surface area contributed by atoms with Crippen LogP contribution in [-0.2, 0) is 6.54 Å². The number of hydrogen-bond donors (Lipinski definition) is 4. The third kappa shape index (κ3) is 6.16. The number of nitrogens with zero attached hydrogens (tertiary/aromatic N) is 1. The van der Waals surface area contributed by atoms with E-state index in [9.17, 15) is 13.2 Å². The Kier molecular flexibility index (Phi) is 6.15. The Labute approximate surface area is 120 Å². The van der Waals surface area contributed by atoms with Crippen molar-refractivity contribution in [2.24, 2.45) is 16.5 Å². The lowest BCUT2D eigenvalue weighted by atomic mass is 10.1. The maximum absolute atomic E-state index is 12.8. The molecule has 112 valence electrons. The fourth-order valence-corrected chi connectivity index (χ4v) is 1.71. The molecule has 0 heterocycles. The van der Waals surface area contributed by atoms with Crippen molar-refractivity contribution in [2.75, 3.05) is 6.54 Å². The molecule has 0 spiro atoms. The second-order valence-electron chi connectivity index (χ2n) is 4.24. The Hall–Kier alpha value is -1.41. The van der Waals surface area contributed by atoms with Crippen molar-refractivity contribution in [2.45, 2.75) is 30.1 Å². The van der Waals surface area contributed by atoms with Crippen LogP contribution in [-0.4, -0.2) is 24.7 Å². The molecule has 0 radical (unpaired) electrons. The normalized spacial score (nSPS) is 13.0. The fraction of sp³-hybridized carbons (Fsp3) is 0.417. The first kappa shape index (κ1) is 16.6. The number of nitrogens with two attached hydrogens (primary N) is 2. The average molecular weight is 306 g/mol. The first-order valence-corrected chi connectivity index (χ1v) is 6.37. The summed E-state index contributed by atoms with van der Waals surface area (Å²) in [4.78, 5) is 4.32. The maximum atomic E-state index is 12.8. The second kappa shape index (κ2) is 7.39. The van der Waals surface area contributed by atoms with Gasteiger partial charge < -0.3 is 16.8 Å². The van der Waals surface area contributed by atoms with Crippen molar-refractivity contribution in [3.05, 3.63) is 29.8 Å². The predicted octanol–water partition coefficient (Wildman–Crippen LogP) is 1.66. The van der Waals surface area contributed by atoms with E-state index in [1.165, 1.54) is 0 Å². The molecule has 4 nitrogen and oxygen atoms in total. The van der Waals surface area contributed by atoms with Crippen molar-refractivity contribution < 1.29 is 13.2 Å². The Morgan fingerprint density at radius 1 is 1.25 bits per heavy atom. The molecule has 5 N–H and O–H groups in total. The number of alkyl halides is 3. The van der Waals surface area contributed by atoms with Crippen LogP contribution in [0.15, 0.2) is 34.2 Å². The molecule has 0 aliphatic rings. The summed E-state index contributed by atoms with van der Waals surface area (Å²) in [5.41, 5.74) is 10.9. The molecular formula is C12H17F3N4S. The minimum atomic E-state index is -4.34. The third-order valence-electron chi connectivity index (χ3n) is 2.60. The van der Waals surface area contributed by atoms with Gasteiger partial charge in [0.2, 0.25) is 0 Å². The van der Waals surface area contributed by atoms with Gasteiger partial charge in [-0.1, -0.05) is 12.1 Å². The Bertz CT molecular complexity index is 441. The van der Waals surface area contributed by atoms with Crippen molar-refractivity contribution in [1.82, 2.24) is 5.32 Å². The maximum Gasteiger partial charge on any atom is 0.403 e. The lowest BCUT2D eigenvalue weighted by molar-refractivity contribution is -0.157. The minimum absolute atomic E-state index is 0.0743. The SMILES string of the molecule is NC(N)=NCCC(NCc1ccc(S)cc1)C(F)(F)F. The van der Waals surface area contributed by atoms with Crippen LogP contribution in [0.2, 0.25) is 0 Å². The number of aliphatic imine (C=N–C) groups is 1. The Balaban J connectivity index is 2.56. The van der Waals surface area contributed by atoms with E-state index in [1.54, 1.807) is 24.3 Å². The Morgan fingerprint density at radius 2 is 1.85 bits per heavy atom. The van der Waals surface area contributed by atoms with Crippen LogP contribution in [0.3, 0.4) is 0 Å². The molecule has 0 bridgehead atoms. The van der Waals surface area contributed by atoms with Crippen LogP contribution in [0.25, 0.3) is 0 Å². The average Bonchev–Trinajstić information content (AvgIpc) is 2.33. The number of benzene rings is 1. The molecule has 0 aliphatic heterocycles. The van der Waals surface area contributed by atoms with E-state index in [4.69, 9.17) is 11.5 Å². The molecule has 1 aromatic carbocycles. The highest BCUT2D eigenvalue weighted by Gasteiger charge is 2.38. The molecule has 0 aromatic heterocycles. The molecule has 1 aromatic rings. The van der Waals surface area contributed by atoms with E-state index >= 15 is 0 Å². The summed E-state index contributed by atoms with van der Waals surface area (Å²) < 4.78 is 38.5. The quantitative estimate of drug-likeness (QED) is 0.367. The van der Waals surface area contributed by atoms with Gasteiger partial charge >= 0.3 is 6.18 Å². The van der Waals surface area contributed by atoms with E-state index in [0.717, 1.165) is 10.5 Å². The van der Waals surface area contributed by atoms with Crippen LogP contribution < -0.4 is 16.8 Å². The predicted molar refractivity (Wildman–Crippen MR) is 75.7 cm³/mol. The van der Waals surface area contributed by atoms with Gasteiger partial charge in [-0.05, 0) is 24.1 Å². The van der Waals surface area contributed by atoms with Gasteiger partial charge in [0.15, 0.2) is 5.96 Å². The second-order valence-corrected chi connectivity index (χ2v) is 4.75. The summed E-state index contributed by atoms with van der Waals surface area (Å²) in [6.45, 7) is 0.0368. The zero-order chi connectivity index (χ0) is 15.2. The number of hydrogen-bond acceptors (Lipinski definition) is 3. The fourth-order valence-electron chi connectivity index (χ4n) is 1.56. The zero-order valence-electron chi connectivity index (χ0n) is 10.7. The molecule has 8 heteroatoms. The van der Waals surface area contributed by atoms with Crippen LogP contribution >= 0.6 is 12.6 Å². The molecule has 1 rings (SSSR count). The molecule has 0 aliphatic carbocycles. The van der Waals surface area contributed by atoms with Crippen LogP contribution in [0.4, 0.5) is 13.2 Å². The van der Waals surface area contributed by atoms with Gasteiger partial charge in [-0.25, -0.2) is 0 Å². The summed E-state index contributed by atoms with van der Waals surface area (Å²) in [5, 5.41) is 2.47. The van der Waals surface area contributed by atoms with Gasteiger partial charge in [0, 0.05) is 18.0 Å². The minimum Gasteiger partial charge on any atom is -0.370 e. The van der Waals surface area contributed by atoms with Gasteiger partial charge in [-0.3, -0.25) is 4.99 Å². The number of guanidine groups is 1. The van der Waals surface area contributed by atoms with E-state index in [-0.39, 0.29) is 25.5 Å². The first-order valence-electron chi connectivity index (χ1n) is 5.92.